The van der Waals surface area contributed by atoms with E-state index in [0.717, 1.165) is 24.3 Å². The molecule has 0 radical (unpaired) electrons. The second kappa shape index (κ2) is 5.63. The number of benzene rings is 2. The number of rotatable bonds is 3. The summed E-state index contributed by atoms with van der Waals surface area (Å²) in [7, 11) is 0. The van der Waals surface area contributed by atoms with Crippen molar-refractivity contribution in [1.82, 2.24) is 0 Å². The van der Waals surface area contributed by atoms with Gasteiger partial charge >= 0.3 is 0 Å². The van der Waals surface area contributed by atoms with Gasteiger partial charge in [0, 0.05) is 36.9 Å². The van der Waals surface area contributed by atoms with Gasteiger partial charge in [0.1, 0.15) is 0 Å². The first kappa shape index (κ1) is 15.7. The van der Waals surface area contributed by atoms with Crippen LogP contribution in [0.3, 0.4) is 0 Å². The van der Waals surface area contributed by atoms with E-state index in [1.54, 1.807) is 6.07 Å². The standard InChI is InChI=1S/C21H21N3O/c1-21(2)18-9-8-15(11-22)10-19(18)24(20(21)25)14-16-12-23(13-16)17-6-4-3-5-7-17/h3-10,16H,12-14H2,1-2H3. The molecule has 2 aliphatic rings. The van der Waals surface area contributed by atoms with Gasteiger partial charge in [0.25, 0.3) is 0 Å². The predicted molar refractivity (Wildman–Crippen MR) is 98.7 cm³/mol. The van der Waals surface area contributed by atoms with Crippen LogP contribution < -0.4 is 9.80 Å². The number of fused-ring (bicyclic) bond motifs is 1. The summed E-state index contributed by atoms with van der Waals surface area (Å²) in [6.07, 6.45) is 0. The van der Waals surface area contributed by atoms with Crippen LogP contribution in [-0.4, -0.2) is 25.5 Å². The molecule has 0 aromatic heterocycles. The molecule has 25 heavy (non-hydrogen) atoms. The molecule has 4 rings (SSSR count). The maximum Gasteiger partial charge on any atom is 0.237 e. The molecular weight excluding hydrogens is 310 g/mol. The summed E-state index contributed by atoms with van der Waals surface area (Å²) in [5, 5.41) is 9.19. The van der Waals surface area contributed by atoms with Crippen molar-refractivity contribution in [3.8, 4) is 6.07 Å². The minimum Gasteiger partial charge on any atom is -0.371 e. The first-order valence-corrected chi connectivity index (χ1v) is 8.67. The molecular formula is C21H21N3O. The Balaban J connectivity index is 1.53. The van der Waals surface area contributed by atoms with Crippen molar-refractivity contribution in [2.24, 2.45) is 5.92 Å². The van der Waals surface area contributed by atoms with Crippen LogP contribution in [0.15, 0.2) is 48.5 Å². The van der Waals surface area contributed by atoms with Gasteiger partial charge in [-0.2, -0.15) is 5.26 Å². The first-order chi connectivity index (χ1) is 12.0. The number of amides is 1. The zero-order valence-electron chi connectivity index (χ0n) is 14.6. The Morgan fingerprint density at radius 3 is 2.56 bits per heavy atom. The van der Waals surface area contributed by atoms with Gasteiger partial charge in [-0.3, -0.25) is 4.79 Å². The average Bonchev–Trinajstić information content (AvgIpc) is 2.78. The van der Waals surface area contributed by atoms with Gasteiger partial charge in [-0.25, -0.2) is 0 Å². The first-order valence-electron chi connectivity index (χ1n) is 8.67. The van der Waals surface area contributed by atoms with E-state index in [4.69, 9.17) is 0 Å². The average molecular weight is 331 g/mol. The molecule has 0 saturated carbocycles. The smallest absolute Gasteiger partial charge is 0.237 e. The summed E-state index contributed by atoms with van der Waals surface area (Å²) in [5.41, 5.74) is 3.25. The molecule has 126 valence electrons. The van der Waals surface area contributed by atoms with Crippen molar-refractivity contribution >= 4 is 17.3 Å². The minimum atomic E-state index is -0.522. The Bertz CT molecular complexity index is 860. The quantitative estimate of drug-likeness (QED) is 0.867. The van der Waals surface area contributed by atoms with Crippen LogP contribution in [0.4, 0.5) is 11.4 Å². The van der Waals surface area contributed by atoms with Crippen LogP contribution in [0.5, 0.6) is 0 Å². The lowest BCUT2D eigenvalue weighted by Crippen LogP contribution is -2.53. The van der Waals surface area contributed by atoms with E-state index in [-0.39, 0.29) is 5.91 Å². The topological polar surface area (TPSA) is 47.3 Å². The van der Waals surface area contributed by atoms with Crippen molar-refractivity contribution in [2.45, 2.75) is 19.3 Å². The Hall–Kier alpha value is -2.80. The zero-order chi connectivity index (χ0) is 17.6. The Labute approximate surface area is 148 Å². The number of hydrogen-bond donors (Lipinski definition) is 0. The Morgan fingerprint density at radius 1 is 1.16 bits per heavy atom. The second-order valence-corrected chi connectivity index (χ2v) is 7.49. The molecule has 2 aromatic carbocycles. The molecule has 0 unspecified atom stereocenters. The molecule has 1 saturated heterocycles. The van der Waals surface area contributed by atoms with E-state index < -0.39 is 5.41 Å². The molecule has 0 atom stereocenters. The molecule has 4 nitrogen and oxygen atoms in total. The fraction of sp³-hybridized carbons (Fsp3) is 0.333. The van der Waals surface area contributed by atoms with E-state index in [1.165, 1.54) is 5.69 Å². The lowest BCUT2D eigenvalue weighted by atomic mass is 9.86. The molecule has 0 aliphatic carbocycles. The fourth-order valence-electron chi connectivity index (χ4n) is 3.89. The summed E-state index contributed by atoms with van der Waals surface area (Å²) in [5.74, 6) is 0.590. The second-order valence-electron chi connectivity index (χ2n) is 7.49. The maximum absolute atomic E-state index is 12.9. The van der Waals surface area contributed by atoms with Gasteiger partial charge in [0.15, 0.2) is 0 Å². The van der Waals surface area contributed by atoms with Gasteiger partial charge in [-0.1, -0.05) is 24.3 Å². The number of nitrogens with zero attached hydrogens (tertiary/aromatic N) is 3. The highest BCUT2D eigenvalue weighted by atomic mass is 16.2. The van der Waals surface area contributed by atoms with E-state index in [2.05, 4.69) is 35.2 Å². The van der Waals surface area contributed by atoms with Crippen molar-refractivity contribution in [3.63, 3.8) is 0 Å². The molecule has 0 N–H and O–H groups in total. The molecule has 2 aromatic rings. The van der Waals surface area contributed by atoms with Crippen molar-refractivity contribution in [1.29, 1.82) is 5.26 Å². The van der Waals surface area contributed by atoms with Gasteiger partial charge in [-0.05, 0) is 43.7 Å². The van der Waals surface area contributed by atoms with Gasteiger partial charge in [-0.15, -0.1) is 0 Å². The Morgan fingerprint density at radius 2 is 1.88 bits per heavy atom. The highest BCUT2D eigenvalue weighted by Gasteiger charge is 2.45. The van der Waals surface area contributed by atoms with Crippen LogP contribution in [0, 0.1) is 17.2 Å². The highest BCUT2D eigenvalue weighted by Crippen LogP contribution is 2.42. The molecule has 4 heteroatoms. The van der Waals surface area contributed by atoms with Crippen molar-refractivity contribution in [3.05, 3.63) is 59.7 Å². The van der Waals surface area contributed by atoms with Crippen LogP contribution in [0.2, 0.25) is 0 Å². The summed E-state index contributed by atoms with van der Waals surface area (Å²) >= 11 is 0. The zero-order valence-corrected chi connectivity index (χ0v) is 14.6. The summed E-state index contributed by atoms with van der Waals surface area (Å²) in [6.45, 7) is 6.57. The summed E-state index contributed by atoms with van der Waals surface area (Å²) in [4.78, 5) is 17.2. The molecule has 2 aliphatic heterocycles. The molecule has 1 fully saturated rings. The van der Waals surface area contributed by atoms with E-state index in [9.17, 15) is 10.1 Å². The minimum absolute atomic E-state index is 0.135. The molecule has 2 heterocycles. The molecule has 1 amide bonds. The monoisotopic (exact) mass is 331 g/mol. The van der Waals surface area contributed by atoms with E-state index in [1.807, 2.05) is 36.9 Å². The lowest BCUT2D eigenvalue weighted by molar-refractivity contribution is -0.122. The summed E-state index contributed by atoms with van der Waals surface area (Å²) in [6, 6.07) is 18.1. The Kier molecular flexibility index (Phi) is 3.54. The molecule has 0 spiro atoms. The van der Waals surface area contributed by atoms with Crippen LogP contribution >= 0.6 is 0 Å². The predicted octanol–water partition coefficient (Wildman–Crippen LogP) is 3.32. The maximum atomic E-state index is 12.9. The number of hydrogen-bond acceptors (Lipinski definition) is 3. The third-order valence-corrected chi connectivity index (χ3v) is 5.39. The summed E-state index contributed by atoms with van der Waals surface area (Å²) < 4.78 is 0. The van der Waals surface area contributed by atoms with E-state index >= 15 is 0 Å². The largest absolute Gasteiger partial charge is 0.371 e. The lowest BCUT2D eigenvalue weighted by Gasteiger charge is -2.42. The van der Waals surface area contributed by atoms with Crippen LogP contribution in [0.25, 0.3) is 0 Å². The van der Waals surface area contributed by atoms with Gasteiger partial charge in [0.05, 0.1) is 17.0 Å². The molecule has 0 bridgehead atoms. The number of carbonyl (C=O) groups excluding carboxylic acids is 1. The van der Waals surface area contributed by atoms with Gasteiger partial charge < -0.3 is 9.80 Å². The third-order valence-electron chi connectivity index (χ3n) is 5.39. The third kappa shape index (κ3) is 2.47. The number of anilines is 2. The highest BCUT2D eigenvalue weighted by molar-refractivity contribution is 6.07. The van der Waals surface area contributed by atoms with Crippen molar-refractivity contribution in [2.75, 3.05) is 29.4 Å². The number of nitriles is 1. The number of para-hydroxylation sites is 1. The van der Waals surface area contributed by atoms with Crippen LogP contribution in [0.1, 0.15) is 25.0 Å². The fourth-order valence-corrected chi connectivity index (χ4v) is 3.89. The normalized spacial score (nSPS) is 18.7. The van der Waals surface area contributed by atoms with Crippen LogP contribution in [-0.2, 0) is 10.2 Å². The number of carbonyl (C=O) groups is 1. The van der Waals surface area contributed by atoms with E-state index in [0.29, 0.717) is 18.0 Å². The van der Waals surface area contributed by atoms with Crippen molar-refractivity contribution < 1.29 is 4.79 Å². The van der Waals surface area contributed by atoms with Gasteiger partial charge in [0.2, 0.25) is 5.91 Å². The SMILES string of the molecule is CC1(C)C(=O)N(CC2CN(c3ccccc3)C2)c2cc(C#N)ccc21.